The van der Waals surface area contributed by atoms with Gasteiger partial charge in [-0.2, -0.15) is 0 Å². The van der Waals surface area contributed by atoms with Gasteiger partial charge in [-0.15, -0.1) is 0 Å². The summed E-state index contributed by atoms with van der Waals surface area (Å²) in [4.78, 5) is 25.5. The van der Waals surface area contributed by atoms with E-state index in [-0.39, 0.29) is 23.3 Å². The Labute approximate surface area is 125 Å². The fourth-order valence-electron chi connectivity index (χ4n) is 3.13. The van der Waals surface area contributed by atoms with E-state index in [1.165, 1.54) is 0 Å². The van der Waals surface area contributed by atoms with Crippen LogP contribution >= 0.6 is 0 Å². The third-order valence-electron chi connectivity index (χ3n) is 4.88. The monoisotopic (exact) mass is 289 g/mol. The van der Waals surface area contributed by atoms with E-state index in [1.807, 2.05) is 4.90 Å². The second kappa shape index (κ2) is 6.29. The van der Waals surface area contributed by atoms with E-state index >= 15 is 0 Å². The van der Waals surface area contributed by atoms with Crippen LogP contribution in [0.3, 0.4) is 0 Å². The maximum Gasteiger partial charge on any atom is 0.335 e. The molecular weight excluding hydrogens is 266 g/mol. The third-order valence-corrected chi connectivity index (χ3v) is 4.88. The van der Waals surface area contributed by atoms with Crippen molar-refractivity contribution in [3.63, 3.8) is 0 Å². The highest BCUT2D eigenvalue weighted by Gasteiger charge is 2.36. The fourth-order valence-corrected chi connectivity index (χ4v) is 3.13. The standard InChI is InChI=1S/C17H23NO3/c1-3-17(4-2)9-10-18(12-17)15(19)11-13-7-5-6-8-14(13)16(20)21/h5-8H,3-4,9-12H2,1-2H3,(H,20,21). The number of carbonyl (C=O) groups excluding carboxylic acids is 1. The van der Waals surface area contributed by atoms with Gasteiger partial charge in [0.2, 0.25) is 5.91 Å². The van der Waals surface area contributed by atoms with Crippen LogP contribution < -0.4 is 0 Å². The Morgan fingerprint density at radius 1 is 1.24 bits per heavy atom. The van der Waals surface area contributed by atoms with E-state index in [2.05, 4.69) is 13.8 Å². The SMILES string of the molecule is CCC1(CC)CCN(C(=O)Cc2ccccc2C(=O)O)C1. The van der Waals surface area contributed by atoms with Crippen molar-refractivity contribution < 1.29 is 14.7 Å². The Hall–Kier alpha value is -1.84. The molecular formula is C17H23NO3. The van der Waals surface area contributed by atoms with Crippen molar-refractivity contribution in [3.8, 4) is 0 Å². The van der Waals surface area contributed by atoms with Crippen molar-refractivity contribution in [2.45, 2.75) is 39.5 Å². The predicted octanol–water partition coefficient (Wildman–Crippen LogP) is 2.97. The molecule has 0 aliphatic carbocycles. The third kappa shape index (κ3) is 3.26. The lowest BCUT2D eigenvalue weighted by Gasteiger charge is -2.26. The molecule has 0 unspecified atom stereocenters. The lowest BCUT2D eigenvalue weighted by molar-refractivity contribution is -0.129. The molecule has 1 fully saturated rings. The van der Waals surface area contributed by atoms with Crippen LogP contribution in [-0.2, 0) is 11.2 Å². The summed E-state index contributed by atoms with van der Waals surface area (Å²) in [6.45, 7) is 5.94. The smallest absolute Gasteiger partial charge is 0.335 e. The molecule has 114 valence electrons. The average molecular weight is 289 g/mol. The zero-order chi connectivity index (χ0) is 15.5. The number of carboxylic acids is 1. The summed E-state index contributed by atoms with van der Waals surface area (Å²) in [5.41, 5.74) is 1.07. The van der Waals surface area contributed by atoms with E-state index in [4.69, 9.17) is 0 Å². The Kier molecular flexibility index (Phi) is 4.66. The summed E-state index contributed by atoms with van der Waals surface area (Å²) in [6.07, 6.45) is 3.39. The molecule has 4 heteroatoms. The van der Waals surface area contributed by atoms with Gasteiger partial charge in [0.15, 0.2) is 0 Å². The first-order chi connectivity index (χ1) is 10.0. The summed E-state index contributed by atoms with van der Waals surface area (Å²) in [7, 11) is 0. The number of aromatic carboxylic acids is 1. The molecule has 1 saturated heterocycles. The van der Waals surface area contributed by atoms with Gasteiger partial charge in [0.1, 0.15) is 0 Å². The Morgan fingerprint density at radius 3 is 2.48 bits per heavy atom. The molecule has 21 heavy (non-hydrogen) atoms. The lowest BCUT2D eigenvalue weighted by atomic mass is 9.82. The molecule has 0 spiro atoms. The molecule has 0 atom stereocenters. The highest BCUT2D eigenvalue weighted by atomic mass is 16.4. The van der Waals surface area contributed by atoms with Crippen molar-refractivity contribution in [1.29, 1.82) is 0 Å². The number of hydrogen-bond acceptors (Lipinski definition) is 2. The summed E-state index contributed by atoms with van der Waals surface area (Å²) < 4.78 is 0. The zero-order valence-corrected chi connectivity index (χ0v) is 12.8. The molecule has 0 saturated carbocycles. The highest BCUT2D eigenvalue weighted by Crippen LogP contribution is 2.37. The maximum absolute atomic E-state index is 12.4. The van der Waals surface area contributed by atoms with Gasteiger partial charge in [0.25, 0.3) is 0 Å². The number of carbonyl (C=O) groups is 2. The quantitative estimate of drug-likeness (QED) is 0.906. The van der Waals surface area contributed by atoms with Gasteiger partial charge in [-0.25, -0.2) is 4.79 Å². The van der Waals surface area contributed by atoms with E-state index < -0.39 is 5.97 Å². The molecule has 1 heterocycles. The molecule has 0 radical (unpaired) electrons. The molecule has 0 aromatic heterocycles. The fraction of sp³-hybridized carbons (Fsp3) is 0.529. The first-order valence-corrected chi connectivity index (χ1v) is 7.60. The number of nitrogens with zero attached hydrogens (tertiary/aromatic N) is 1. The van der Waals surface area contributed by atoms with Crippen molar-refractivity contribution in [3.05, 3.63) is 35.4 Å². The summed E-state index contributed by atoms with van der Waals surface area (Å²) in [5.74, 6) is -0.941. The number of likely N-dealkylation sites (tertiary alicyclic amines) is 1. The second-order valence-corrected chi connectivity index (χ2v) is 5.91. The summed E-state index contributed by atoms with van der Waals surface area (Å²) in [6, 6.07) is 6.75. The predicted molar refractivity (Wildman–Crippen MR) is 81.3 cm³/mol. The van der Waals surface area contributed by atoms with Crippen molar-refractivity contribution in [2.75, 3.05) is 13.1 Å². The largest absolute Gasteiger partial charge is 0.478 e. The maximum atomic E-state index is 12.4. The number of carboxylic acid groups (broad SMARTS) is 1. The molecule has 1 amide bonds. The molecule has 1 N–H and O–H groups in total. The zero-order valence-electron chi connectivity index (χ0n) is 12.8. The Bertz CT molecular complexity index is 535. The van der Waals surface area contributed by atoms with Crippen molar-refractivity contribution in [2.24, 2.45) is 5.41 Å². The van der Waals surface area contributed by atoms with Gasteiger partial charge in [-0.1, -0.05) is 32.0 Å². The minimum atomic E-state index is -0.976. The van der Waals surface area contributed by atoms with Gasteiger partial charge in [-0.3, -0.25) is 4.79 Å². The molecule has 0 bridgehead atoms. The van der Waals surface area contributed by atoms with Crippen LogP contribution in [0.5, 0.6) is 0 Å². The second-order valence-electron chi connectivity index (χ2n) is 5.91. The van der Waals surface area contributed by atoms with Gasteiger partial charge < -0.3 is 10.0 Å². The number of benzene rings is 1. The molecule has 1 aliphatic heterocycles. The first-order valence-electron chi connectivity index (χ1n) is 7.60. The van der Waals surface area contributed by atoms with E-state index in [0.29, 0.717) is 5.56 Å². The van der Waals surface area contributed by atoms with Crippen LogP contribution in [0.2, 0.25) is 0 Å². The summed E-state index contributed by atoms with van der Waals surface area (Å²) >= 11 is 0. The van der Waals surface area contributed by atoms with Gasteiger partial charge in [0.05, 0.1) is 12.0 Å². The topological polar surface area (TPSA) is 57.6 Å². The van der Waals surface area contributed by atoms with E-state index in [1.54, 1.807) is 24.3 Å². The molecule has 4 nitrogen and oxygen atoms in total. The average Bonchev–Trinajstić information content (AvgIpc) is 2.93. The Balaban J connectivity index is 2.08. The van der Waals surface area contributed by atoms with Crippen molar-refractivity contribution >= 4 is 11.9 Å². The van der Waals surface area contributed by atoms with Crippen LogP contribution in [0.25, 0.3) is 0 Å². The van der Waals surface area contributed by atoms with Crippen LogP contribution in [-0.4, -0.2) is 35.0 Å². The minimum absolute atomic E-state index is 0.0347. The van der Waals surface area contributed by atoms with Crippen molar-refractivity contribution in [1.82, 2.24) is 4.90 Å². The highest BCUT2D eigenvalue weighted by molar-refractivity contribution is 5.91. The molecule has 1 aromatic rings. The normalized spacial score (nSPS) is 17.0. The van der Waals surface area contributed by atoms with Crippen LogP contribution in [0, 0.1) is 5.41 Å². The van der Waals surface area contributed by atoms with E-state index in [0.717, 1.165) is 32.4 Å². The van der Waals surface area contributed by atoms with Gasteiger partial charge in [0, 0.05) is 13.1 Å². The van der Waals surface area contributed by atoms with Crippen LogP contribution in [0.4, 0.5) is 0 Å². The van der Waals surface area contributed by atoms with Crippen LogP contribution in [0.1, 0.15) is 49.0 Å². The summed E-state index contributed by atoms with van der Waals surface area (Å²) in [5, 5.41) is 9.18. The van der Waals surface area contributed by atoms with Crippen LogP contribution in [0.15, 0.2) is 24.3 Å². The number of rotatable bonds is 5. The number of hydrogen-bond donors (Lipinski definition) is 1. The van der Waals surface area contributed by atoms with Gasteiger partial charge >= 0.3 is 5.97 Å². The molecule has 2 rings (SSSR count). The minimum Gasteiger partial charge on any atom is -0.478 e. The first kappa shape index (κ1) is 15.5. The molecule has 1 aromatic carbocycles. The Morgan fingerprint density at radius 2 is 1.90 bits per heavy atom. The molecule has 1 aliphatic rings. The number of amides is 1. The van der Waals surface area contributed by atoms with Gasteiger partial charge in [-0.05, 0) is 36.3 Å². The van der Waals surface area contributed by atoms with E-state index in [9.17, 15) is 14.7 Å². The lowest BCUT2D eigenvalue weighted by Crippen LogP contribution is -2.33.